The zero-order valence-electron chi connectivity index (χ0n) is 16.5. The number of hydrogen-bond donors (Lipinski definition) is 3. The number of amides is 1. The van der Waals surface area contributed by atoms with Gasteiger partial charge < -0.3 is 16.2 Å². The smallest absolute Gasteiger partial charge is 0.308 e. The van der Waals surface area contributed by atoms with Crippen molar-refractivity contribution in [1.82, 2.24) is 5.32 Å². The number of carbonyl (C=O) groups is 2. The summed E-state index contributed by atoms with van der Waals surface area (Å²) in [6.07, 6.45) is 1.20. The van der Waals surface area contributed by atoms with E-state index in [1.807, 2.05) is 39.8 Å². The molecule has 0 unspecified atom stereocenters. The second-order valence-corrected chi connectivity index (χ2v) is 7.13. The molecule has 0 aliphatic carbocycles. The number of halogens is 1. The molecule has 2 aromatic rings. The molecule has 28 heavy (non-hydrogen) atoms. The van der Waals surface area contributed by atoms with E-state index in [0.717, 1.165) is 16.7 Å². The van der Waals surface area contributed by atoms with Crippen LogP contribution in [0.1, 0.15) is 37.0 Å². The minimum atomic E-state index is -1.08. The van der Waals surface area contributed by atoms with Crippen LogP contribution in [-0.2, 0) is 9.59 Å². The van der Waals surface area contributed by atoms with E-state index in [0.29, 0.717) is 16.8 Å². The number of carbonyl (C=O) groups excluding carboxylic acids is 1. The van der Waals surface area contributed by atoms with Crippen LogP contribution < -0.4 is 11.1 Å². The molecule has 0 heterocycles. The van der Waals surface area contributed by atoms with Crippen LogP contribution in [0, 0.1) is 19.7 Å². The van der Waals surface area contributed by atoms with Crippen molar-refractivity contribution in [1.29, 1.82) is 0 Å². The molecule has 0 radical (unpaired) electrons. The van der Waals surface area contributed by atoms with E-state index < -0.39 is 17.7 Å². The highest BCUT2D eigenvalue weighted by molar-refractivity contribution is 6.01. The fourth-order valence-corrected chi connectivity index (χ4v) is 2.94. The molecule has 0 saturated carbocycles. The lowest BCUT2D eigenvalue weighted by Crippen LogP contribution is -2.32. The molecule has 6 heteroatoms. The summed E-state index contributed by atoms with van der Waals surface area (Å²) in [4.78, 5) is 23.5. The molecular formula is C22H25FN2O3. The predicted octanol–water partition coefficient (Wildman–Crippen LogP) is 4.07. The van der Waals surface area contributed by atoms with Gasteiger partial charge in [0, 0.05) is 22.9 Å². The number of nitrogen functional groups attached to an aromatic ring is 1. The van der Waals surface area contributed by atoms with Gasteiger partial charge in [0.15, 0.2) is 0 Å². The first-order valence-electron chi connectivity index (χ1n) is 8.98. The van der Waals surface area contributed by atoms with Crippen molar-refractivity contribution in [2.24, 2.45) is 0 Å². The zero-order chi connectivity index (χ0) is 21.0. The lowest BCUT2D eigenvalue weighted by molar-refractivity contribution is -0.137. The molecule has 2 rings (SSSR count). The summed E-state index contributed by atoms with van der Waals surface area (Å²) in [7, 11) is 0. The normalized spacial score (nSPS) is 11.6. The first-order valence-corrected chi connectivity index (χ1v) is 8.98. The van der Waals surface area contributed by atoms with E-state index in [1.165, 1.54) is 6.07 Å². The van der Waals surface area contributed by atoms with Crippen LogP contribution in [0.2, 0.25) is 0 Å². The first kappa shape index (κ1) is 21.2. The van der Waals surface area contributed by atoms with Crippen LogP contribution >= 0.6 is 0 Å². The molecule has 0 spiro atoms. The second-order valence-electron chi connectivity index (χ2n) is 7.13. The molecule has 1 amide bonds. The van der Waals surface area contributed by atoms with Gasteiger partial charge in [0.1, 0.15) is 5.82 Å². The number of hydrogen-bond acceptors (Lipinski definition) is 3. The molecule has 0 bridgehead atoms. The second kappa shape index (κ2) is 8.69. The van der Waals surface area contributed by atoms with Crippen LogP contribution in [0.5, 0.6) is 0 Å². The average Bonchev–Trinajstić information content (AvgIpc) is 2.56. The number of carboxylic acids is 1. The molecule has 5 nitrogen and oxygen atoms in total. The van der Waals surface area contributed by atoms with E-state index in [9.17, 15) is 14.0 Å². The quantitative estimate of drug-likeness (QED) is 0.517. The summed E-state index contributed by atoms with van der Waals surface area (Å²) in [6, 6.07) is 8.10. The van der Waals surface area contributed by atoms with Crippen LogP contribution in [-0.4, -0.2) is 23.0 Å². The Hall–Kier alpha value is -3.15. The third-order valence-electron chi connectivity index (χ3n) is 4.28. The fraction of sp³-hybridized carbons (Fsp3) is 0.273. The molecule has 0 atom stereocenters. The van der Waals surface area contributed by atoms with Crippen molar-refractivity contribution in [2.75, 3.05) is 5.73 Å². The Balaban J connectivity index is 2.50. The molecule has 0 fully saturated rings. The predicted molar refractivity (Wildman–Crippen MR) is 109 cm³/mol. The average molecular weight is 384 g/mol. The van der Waals surface area contributed by atoms with Gasteiger partial charge in [-0.15, -0.1) is 0 Å². The molecule has 0 saturated heterocycles. The number of aliphatic carboxylic acids is 1. The summed E-state index contributed by atoms with van der Waals surface area (Å²) < 4.78 is 14.3. The van der Waals surface area contributed by atoms with Crippen LogP contribution in [0.4, 0.5) is 10.1 Å². The summed E-state index contributed by atoms with van der Waals surface area (Å²) in [5.41, 5.74) is 9.62. The highest BCUT2D eigenvalue weighted by Crippen LogP contribution is 2.30. The van der Waals surface area contributed by atoms with Gasteiger partial charge in [0.25, 0.3) is 0 Å². The number of benzene rings is 2. The van der Waals surface area contributed by atoms with Crippen molar-refractivity contribution in [3.05, 3.63) is 58.4 Å². The van der Waals surface area contributed by atoms with Crippen LogP contribution in [0.25, 0.3) is 17.2 Å². The van der Waals surface area contributed by atoms with Gasteiger partial charge in [0.2, 0.25) is 5.91 Å². The number of nitrogens with one attached hydrogen (secondary N) is 1. The lowest BCUT2D eigenvalue weighted by atomic mass is 9.93. The van der Waals surface area contributed by atoms with Crippen molar-refractivity contribution in [3.63, 3.8) is 0 Å². The lowest BCUT2D eigenvalue weighted by Gasteiger charge is -2.14. The van der Waals surface area contributed by atoms with Crippen LogP contribution in [0.3, 0.4) is 0 Å². The molecule has 2 aromatic carbocycles. The van der Waals surface area contributed by atoms with E-state index in [1.54, 1.807) is 18.2 Å². The summed E-state index contributed by atoms with van der Waals surface area (Å²) in [5, 5.41) is 11.9. The van der Waals surface area contributed by atoms with Gasteiger partial charge in [-0.3, -0.25) is 9.59 Å². The van der Waals surface area contributed by atoms with Crippen molar-refractivity contribution < 1.29 is 19.1 Å². The minimum absolute atomic E-state index is 0.108. The van der Waals surface area contributed by atoms with E-state index in [4.69, 9.17) is 10.8 Å². The van der Waals surface area contributed by atoms with Gasteiger partial charge in [-0.2, -0.15) is 0 Å². The zero-order valence-corrected chi connectivity index (χ0v) is 16.5. The number of aryl methyl sites for hydroxylation is 2. The molecule has 0 aliphatic heterocycles. The highest BCUT2D eigenvalue weighted by atomic mass is 19.1. The first-order chi connectivity index (χ1) is 13.1. The Morgan fingerprint density at radius 3 is 2.39 bits per heavy atom. The number of rotatable bonds is 6. The maximum Gasteiger partial charge on any atom is 0.308 e. The molecule has 0 aliphatic rings. The Labute approximate surface area is 164 Å². The SMILES string of the molecule is Cc1cc(-c2ccc(N)cc2F)c(C)cc1/C=C(\CC(=O)O)C(=O)NC(C)C. The fourth-order valence-electron chi connectivity index (χ4n) is 2.94. The summed E-state index contributed by atoms with van der Waals surface area (Å²) >= 11 is 0. The third-order valence-corrected chi connectivity index (χ3v) is 4.28. The summed E-state index contributed by atoms with van der Waals surface area (Å²) in [6.45, 7) is 7.29. The monoisotopic (exact) mass is 384 g/mol. The highest BCUT2D eigenvalue weighted by Gasteiger charge is 2.16. The largest absolute Gasteiger partial charge is 0.481 e. The van der Waals surface area contributed by atoms with E-state index >= 15 is 0 Å². The maximum atomic E-state index is 14.3. The van der Waals surface area contributed by atoms with Crippen molar-refractivity contribution in [2.45, 2.75) is 40.2 Å². The third kappa shape index (κ3) is 5.19. The standard InChI is InChI=1S/C22H25FN2O3/c1-12(2)25-22(28)16(10-21(26)27)9-15-7-14(4)19(8-13(15)3)18-6-5-17(24)11-20(18)23/h5-9,11-12H,10,24H2,1-4H3,(H,25,28)(H,26,27)/b16-9+. The number of carboxylic acid groups (broad SMARTS) is 1. The van der Waals surface area contributed by atoms with E-state index in [-0.39, 0.29) is 18.0 Å². The Morgan fingerprint density at radius 2 is 1.82 bits per heavy atom. The Bertz CT molecular complexity index is 949. The van der Waals surface area contributed by atoms with Gasteiger partial charge in [-0.05, 0) is 74.2 Å². The molecule has 0 aromatic heterocycles. The number of nitrogens with two attached hydrogens (primary N) is 1. The van der Waals surface area contributed by atoms with Crippen LogP contribution in [0.15, 0.2) is 35.9 Å². The van der Waals surface area contributed by atoms with Crippen molar-refractivity contribution >= 4 is 23.6 Å². The van der Waals surface area contributed by atoms with Gasteiger partial charge >= 0.3 is 5.97 Å². The van der Waals surface area contributed by atoms with Crippen molar-refractivity contribution in [3.8, 4) is 11.1 Å². The Morgan fingerprint density at radius 1 is 1.14 bits per heavy atom. The van der Waals surface area contributed by atoms with E-state index in [2.05, 4.69) is 5.32 Å². The molecule has 4 N–H and O–H groups in total. The topological polar surface area (TPSA) is 92.4 Å². The van der Waals surface area contributed by atoms with Gasteiger partial charge in [-0.25, -0.2) is 4.39 Å². The number of anilines is 1. The minimum Gasteiger partial charge on any atom is -0.481 e. The Kier molecular flexibility index (Phi) is 6.57. The summed E-state index contributed by atoms with van der Waals surface area (Å²) in [5.74, 6) is -1.91. The molecular weight excluding hydrogens is 359 g/mol. The molecule has 148 valence electrons. The van der Waals surface area contributed by atoms with Gasteiger partial charge in [0.05, 0.1) is 6.42 Å². The maximum absolute atomic E-state index is 14.3. The van der Waals surface area contributed by atoms with Gasteiger partial charge in [-0.1, -0.05) is 12.1 Å².